The lowest BCUT2D eigenvalue weighted by Crippen LogP contribution is -2.10. The second kappa shape index (κ2) is 6.49. The third kappa shape index (κ3) is 3.04. The average molecular weight is 337 g/mol. The molecule has 0 atom stereocenters. The van der Waals surface area contributed by atoms with E-state index in [0.717, 1.165) is 39.6 Å². The first-order valence-corrected chi connectivity index (χ1v) is 8.19. The van der Waals surface area contributed by atoms with Gasteiger partial charge in [0.05, 0.1) is 31.7 Å². The van der Waals surface area contributed by atoms with Crippen molar-refractivity contribution in [1.82, 2.24) is 9.78 Å². The zero-order valence-corrected chi connectivity index (χ0v) is 13.9. The number of aromatic nitrogens is 2. The van der Waals surface area contributed by atoms with Gasteiger partial charge in [0.25, 0.3) is 0 Å². The lowest BCUT2D eigenvalue weighted by molar-refractivity contribution is 0.270. The van der Waals surface area contributed by atoms with E-state index in [9.17, 15) is 5.11 Å². The molecule has 0 aliphatic carbocycles. The number of rotatable bonds is 6. The summed E-state index contributed by atoms with van der Waals surface area (Å²) in [4.78, 5) is 0. The smallest absolute Gasteiger partial charge is 0.134 e. The summed E-state index contributed by atoms with van der Waals surface area (Å²) in [6, 6.07) is 13.8. The normalized spacial score (nSPS) is 11.3. The van der Waals surface area contributed by atoms with Gasteiger partial charge in [-0.15, -0.1) is 0 Å². The van der Waals surface area contributed by atoms with Crippen LogP contribution in [0.5, 0.6) is 0 Å². The summed E-state index contributed by atoms with van der Waals surface area (Å²) in [5, 5.41) is 18.3. The van der Waals surface area contributed by atoms with Gasteiger partial charge >= 0.3 is 0 Å². The summed E-state index contributed by atoms with van der Waals surface area (Å²) in [6.45, 7) is 2.88. The van der Waals surface area contributed by atoms with E-state index in [1.807, 2.05) is 49.4 Å². The molecule has 6 nitrogen and oxygen atoms in total. The Balaban J connectivity index is 1.58. The predicted octanol–water partition coefficient (Wildman–Crippen LogP) is 3.80. The number of aliphatic hydroxyl groups is 1. The number of benzene rings is 1. The van der Waals surface area contributed by atoms with Crippen LogP contribution in [0.2, 0.25) is 0 Å². The molecule has 1 aromatic carbocycles. The largest absolute Gasteiger partial charge is 0.469 e. The minimum absolute atomic E-state index is 0.0187. The zero-order valence-electron chi connectivity index (χ0n) is 13.9. The number of aliphatic hydroxyl groups excluding tert-OH is 1. The molecule has 4 rings (SSSR count). The molecule has 0 aliphatic rings. The van der Waals surface area contributed by atoms with E-state index in [1.165, 1.54) is 0 Å². The van der Waals surface area contributed by atoms with Crippen LogP contribution in [0.3, 0.4) is 0 Å². The van der Waals surface area contributed by atoms with Crippen molar-refractivity contribution >= 4 is 16.8 Å². The molecule has 0 saturated carbocycles. The molecule has 0 fully saturated rings. The van der Waals surface area contributed by atoms with Crippen molar-refractivity contribution in [2.24, 2.45) is 0 Å². The molecule has 4 aromatic rings. The molecular formula is C19H19N3O3. The van der Waals surface area contributed by atoms with E-state index < -0.39 is 0 Å². The second-order valence-corrected chi connectivity index (χ2v) is 5.86. The van der Waals surface area contributed by atoms with Crippen LogP contribution >= 0.6 is 0 Å². The SMILES string of the molecule is Cc1occc1-c1cc(NCc2cc3ccccc3o2)n(CCO)n1. The number of hydrogen-bond acceptors (Lipinski definition) is 5. The van der Waals surface area contributed by atoms with E-state index in [-0.39, 0.29) is 6.61 Å². The molecule has 0 amide bonds. The highest BCUT2D eigenvalue weighted by Gasteiger charge is 2.13. The fourth-order valence-electron chi connectivity index (χ4n) is 2.91. The molecule has 2 N–H and O–H groups in total. The molecule has 3 aromatic heterocycles. The van der Waals surface area contributed by atoms with Gasteiger partial charge < -0.3 is 19.3 Å². The maximum atomic E-state index is 9.29. The third-order valence-electron chi connectivity index (χ3n) is 4.15. The fourth-order valence-corrected chi connectivity index (χ4v) is 2.91. The molecule has 0 aliphatic heterocycles. The highest BCUT2D eigenvalue weighted by Crippen LogP contribution is 2.26. The van der Waals surface area contributed by atoms with E-state index in [1.54, 1.807) is 10.9 Å². The van der Waals surface area contributed by atoms with Crippen molar-refractivity contribution in [2.45, 2.75) is 20.0 Å². The Morgan fingerprint density at radius 2 is 2.08 bits per heavy atom. The lowest BCUT2D eigenvalue weighted by Gasteiger charge is -2.06. The van der Waals surface area contributed by atoms with E-state index in [0.29, 0.717) is 13.1 Å². The van der Waals surface area contributed by atoms with Crippen molar-refractivity contribution in [3.8, 4) is 11.3 Å². The minimum Gasteiger partial charge on any atom is -0.469 e. The number of aryl methyl sites for hydroxylation is 1. The van der Waals surface area contributed by atoms with Crippen molar-refractivity contribution in [2.75, 3.05) is 11.9 Å². The Morgan fingerprint density at radius 3 is 2.84 bits per heavy atom. The maximum Gasteiger partial charge on any atom is 0.134 e. The first-order chi connectivity index (χ1) is 12.2. The first kappa shape index (κ1) is 15.5. The Labute approximate surface area is 144 Å². The van der Waals surface area contributed by atoms with E-state index >= 15 is 0 Å². The number of furan rings is 2. The Bertz CT molecular complexity index is 963. The van der Waals surface area contributed by atoms with Crippen LogP contribution in [-0.2, 0) is 13.1 Å². The van der Waals surface area contributed by atoms with Crippen LogP contribution in [0.4, 0.5) is 5.82 Å². The minimum atomic E-state index is 0.0187. The van der Waals surface area contributed by atoms with Crippen molar-refractivity contribution in [1.29, 1.82) is 0 Å². The molecule has 0 unspecified atom stereocenters. The highest BCUT2D eigenvalue weighted by molar-refractivity contribution is 5.77. The molecule has 3 heterocycles. The van der Waals surface area contributed by atoms with Gasteiger partial charge in [-0.05, 0) is 25.1 Å². The molecule has 0 bridgehead atoms. The Morgan fingerprint density at radius 1 is 1.20 bits per heavy atom. The summed E-state index contributed by atoms with van der Waals surface area (Å²) in [5.41, 5.74) is 2.63. The van der Waals surface area contributed by atoms with Crippen molar-refractivity contribution in [3.05, 3.63) is 60.2 Å². The summed E-state index contributed by atoms with van der Waals surface area (Å²) in [7, 11) is 0. The summed E-state index contributed by atoms with van der Waals surface area (Å²) >= 11 is 0. The maximum absolute atomic E-state index is 9.29. The molecule has 128 valence electrons. The lowest BCUT2D eigenvalue weighted by atomic mass is 10.2. The van der Waals surface area contributed by atoms with Crippen LogP contribution in [0, 0.1) is 6.92 Å². The topological polar surface area (TPSA) is 76.4 Å². The predicted molar refractivity (Wildman–Crippen MR) is 95.3 cm³/mol. The molecule has 0 spiro atoms. The summed E-state index contributed by atoms with van der Waals surface area (Å²) in [6.07, 6.45) is 1.65. The van der Waals surface area contributed by atoms with Gasteiger partial charge in [-0.25, -0.2) is 4.68 Å². The Hall–Kier alpha value is -2.99. The molecule has 6 heteroatoms. The van der Waals surface area contributed by atoms with Crippen molar-refractivity contribution in [3.63, 3.8) is 0 Å². The average Bonchev–Trinajstić information content (AvgIpc) is 3.31. The van der Waals surface area contributed by atoms with E-state index in [2.05, 4.69) is 10.4 Å². The summed E-state index contributed by atoms with van der Waals surface area (Å²) in [5.74, 6) is 2.49. The van der Waals surface area contributed by atoms with Crippen LogP contribution < -0.4 is 5.32 Å². The zero-order chi connectivity index (χ0) is 17.2. The quantitative estimate of drug-likeness (QED) is 0.559. The van der Waals surface area contributed by atoms with Gasteiger partial charge in [0, 0.05) is 17.0 Å². The van der Waals surface area contributed by atoms with Crippen LogP contribution in [0.25, 0.3) is 22.2 Å². The number of hydrogen-bond donors (Lipinski definition) is 2. The van der Waals surface area contributed by atoms with Crippen LogP contribution in [0.1, 0.15) is 11.5 Å². The highest BCUT2D eigenvalue weighted by atomic mass is 16.3. The number of nitrogens with one attached hydrogen (secondary N) is 1. The first-order valence-electron chi connectivity index (χ1n) is 8.19. The number of para-hydroxylation sites is 1. The van der Waals surface area contributed by atoms with E-state index in [4.69, 9.17) is 8.83 Å². The third-order valence-corrected chi connectivity index (χ3v) is 4.15. The summed E-state index contributed by atoms with van der Waals surface area (Å²) < 4.78 is 12.9. The van der Waals surface area contributed by atoms with Gasteiger partial charge in [-0.3, -0.25) is 0 Å². The van der Waals surface area contributed by atoms with Gasteiger partial charge in [-0.2, -0.15) is 5.10 Å². The number of nitrogens with zero attached hydrogens (tertiary/aromatic N) is 2. The molecule has 0 saturated heterocycles. The Kier molecular flexibility index (Phi) is 4.03. The van der Waals surface area contributed by atoms with Gasteiger partial charge in [-0.1, -0.05) is 18.2 Å². The van der Waals surface area contributed by atoms with Gasteiger partial charge in [0.2, 0.25) is 0 Å². The molecule has 25 heavy (non-hydrogen) atoms. The molecular weight excluding hydrogens is 318 g/mol. The van der Waals surface area contributed by atoms with Crippen LogP contribution in [0.15, 0.2) is 57.6 Å². The second-order valence-electron chi connectivity index (χ2n) is 5.86. The fraction of sp³-hybridized carbons (Fsp3) is 0.211. The van der Waals surface area contributed by atoms with Crippen molar-refractivity contribution < 1.29 is 13.9 Å². The molecule has 0 radical (unpaired) electrons. The number of fused-ring (bicyclic) bond motifs is 1. The number of anilines is 1. The monoisotopic (exact) mass is 337 g/mol. The van der Waals surface area contributed by atoms with Crippen LogP contribution in [-0.4, -0.2) is 21.5 Å². The standard InChI is InChI=1S/C19H19N3O3/c1-13-16(6-9-24-13)17-11-19(22(21-17)7-8-23)20-12-15-10-14-4-2-3-5-18(14)25-15/h2-6,9-11,20,23H,7-8,12H2,1H3. The van der Waals surface area contributed by atoms with Gasteiger partial charge in [0.1, 0.15) is 22.9 Å². The van der Waals surface area contributed by atoms with Gasteiger partial charge in [0.15, 0.2) is 0 Å².